The maximum absolute atomic E-state index is 14.2. The van der Waals surface area contributed by atoms with Gasteiger partial charge in [-0.05, 0) is 86.7 Å². The molecule has 0 saturated heterocycles. The minimum absolute atomic E-state index is 0.0868. The molecule has 3 aromatic rings. The Balaban J connectivity index is 2.08. The lowest BCUT2D eigenvalue weighted by molar-refractivity contribution is -0.140. The highest BCUT2D eigenvalue weighted by atomic mass is 32.2. The number of methoxy groups -OCH3 is 1. The molecule has 0 aliphatic carbocycles. The van der Waals surface area contributed by atoms with E-state index in [1.54, 1.807) is 49.6 Å². The van der Waals surface area contributed by atoms with Crippen molar-refractivity contribution in [2.45, 2.75) is 71.4 Å². The summed E-state index contributed by atoms with van der Waals surface area (Å²) in [6.07, 6.45) is 2.11. The zero-order valence-corrected chi connectivity index (χ0v) is 26.3. The van der Waals surface area contributed by atoms with E-state index in [4.69, 9.17) is 4.74 Å². The Morgan fingerprint density at radius 2 is 1.57 bits per heavy atom. The Labute approximate surface area is 250 Å². The first-order valence-corrected chi connectivity index (χ1v) is 15.8. The van der Waals surface area contributed by atoms with E-state index < -0.39 is 28.5 Å². The van der Waals surface area contributed by atoms with Crippen LogP contribution in [0, 0.1) is 20.8 Å². The molecule has 0 radical (unpaired) electrons. The summed E-state index contributed by atoms with van der Waals surface area (Å²) < 4.78 is 34.7. The molecule has 0 unspecified atom stereocenters. The van der Waals surface area contributed by atoms with Gasteiger partial charge in [-0.15, -0.1) is 0 Å². The highest BCUT2D eigenvalue weighted by Gasteiger charge is 2.33. The van der Waals surface area contributed by atoms with Crippen LogP contribution in [0.15, 0.2) is 71.6 Å². The molecule has 0 spiro atoms. The third kappa shape index (κ3) is 8.35. The summed E-state index contributed by atoms with van der Waals surface area (Å²) in [6, 6.07) is 18.5. The molecule has 1 N–H and O–H groups in total. The first kappa shape index (κ1) is 32.7. The van der Waals surface area contributed by atoms with Crippen LogP contribution in [-0.4, -0.2) is 51.4 Å². The van der Waals surface area contributed by atoms with Crippen LogP contribution in [-0.2, 0) is 26.2 Å². The van der Waals surface area contributed by atoms with Crippen LogP contribution in [0.5, 0.6) is 5.75 Å². The lowest BCUT2D eigenvalue weighted by Gasteiger charge is -2.33. The lowest BCUT2D eigenvalue weighted by atomic mass is 10.1. The molecule has 3 rings (SSSR count). The number of carbonyl (C=O) groups excluding carboxylic acids is 2. The molecule has 9 heteroatoms. The Bertz CT molecular complexity index is 1450. The Kier molecular flexibility index (Phi) is 11.6. The topological polar surface area (TPSA) is 96.0 Å². The number of hydrogen-bond donors (Lipinski definition) is 1. The average Bonchev–Trinajstić information content (AvgIpc) is 2.95. The molecule has 0 aromatic heterocycles. The van der Waals surface area contributed by atoms with E-state index in [9.17, 15) is 18.0 Å². The van der Waals surface area contributed by atoms with E-state index in [-0.39, 0.29) is 17.3 Å². The monoisotopic (exact) mass is 593 g/mol. The molecule has 226 valence electrons. The number of rotatable bonds is 14. The van der Waals surface area contributed by atoms with Crippen LogP contribution in [0.3, 0.4) is 0 Å². The van der Waals surface area contributed by atoms with Gasteiger partial charge in [0.05, 0.1) is 17.7 Å². The van der Waals surface area contributed by atoms with Gasteiger partial charge in [0.25, 0.3) is 10.0 Å². The zero-order valence-electron chi connectivity index (χ0n) is 25.5. The highest BCUT2D eigenvalue weighted by Crippen LogP contribution is 2.27. The molecule has 0 aliphatic rings. The number of nitrogens with one attached hydrogen (secondary N) is 1. The standard InChI is InChI=1S/C33H43N3O5S/c1-7-9-17-34-33(38)31(8-2)35(22-27-11-10-12-29(21-27)41-6)32(37)23-36(28-19-25(4)18-26(5)20-28)42(39,40)30-15-13-24(3)14-16-30/h10-16,18-21,31H,7-9,17,22-23H2,1-6H3,(H,34,38)/t31-/m1/s1. The van der Waals surface area contributed by atoms with Crippen molar-refractivity contribution in [3.8, 4) is 5.75 Å². The van der Waals surface area contributed by atoms with E-state index in [0.29, 0.717) is 24.4 Å². The second kappa shape index (κ2) is 14.9. The fourth-order valence-electron chi connectivity index (χ4n) is 4.85. The quantitative estimate of drug-likeness (QED) is 0.248. The molecular formula is C33H43N3O5S. The molecule has 42 heavy (non-hydrogen) atoms. The second-order valence-electron chi connectivity index (χ2n) is 10.6. The third-order valence-electron chi connectivity index (χ3n) is 7.08. The van der Waals surface area contributed by atoms with Crippen LogP contribution in [0.25, 0.3) is 0 Å². The van der Waals surface area contributed by atoms with E-state index >= 15 is 0 Å². The summed E-state index contributed by atoms with van der Waals surface area (Å²) in [7, 11) is -2.56. The number of aryl methyl sites for hydroxylation is 3. The van der Waals surface area contributed by atoms with Gasteiger partial charge in [0.15, 0.2) is 0 Å². The molecule has 0 bridgehead atoms. The number of hydrogen-bond acceptors (Lipinski definition) is 5. The number of unbranched alkanes of at least 4 members (excludes halogenated alkanes) is 1. The smallest absolute Gasteiger partial charge is 0.264 e. The summed E-state index contributed by atoms with van der Waals surface area (Å²) in [6.45, 7) is 9.69. The molecule has 0 fully saturated rings. The van der Waals surface area contributed by atoms with Gasteiger partial charge in [-0.1, -0.05) is 56.2 Å². The van der Waals surface area contributed by atoms with Gasteiger partial charge in [-0.25, -0.2) is 8.42 Å². The van der Waals surface area contributed by atoms with Gasteiger partial charge >= 0.3 is 0 Å². The van der Waals surface area contributed by atoms with Crippen LogP contribution in [0.2, 0.25) is 0 Å². The van der Waals surface area contributed by atoms with E-state index in [1.807, 2.05) is 58.9 Å². The van der Waals surface area contributed by atoms with Crippen molar-refractivity contribution in [2.24, 2.45) is 0 Å². The number of ether oxygens (including phenoxy) is 1. The summed E-state index contributed by atoms with van der Waals surface area (Å²) >= 11 is 0. The summed E-state index contributed by atoms with van der Waals surface area (Å²) in [5.74, 6) is -0.120. The summed E-state index contributed by atoms with van der Waals surface area (Å²) in [4.78, 5) is 29.1. The number of carbonyl (C=O) groups is 2. The molecule has 2 amide bonds. The Hall–Kier alpha value is -3.85. The van der Waals surface area contributed by atoms with Crippen LogP contribution < -0.4 is 14.4 Å². The first-order chi connectivity index (χ1) is 20.0. The van der Waals surface area contributed by atoms with Crippen molar-refractivity contribution in [3.63, 3.8) is 0 Å². The van der Waals surface area contributed by atoms with Crippen molar-refractivity contribution >= 4 is 27.5 Å². The van der Waals surface area contributed by atoms with Gasteiger partial charge in [-0.3, -0.25) is 13.9 Å². The Morgan fingerprint density at radius 3 is 2.17 bits per heavy atom. The van der Waals surface area contributed by atoms with Crippen molar-refractivity contribution in [1.29, 1.82) is 0 Å². The molecule has 8 nitrogen and oxygen atoms in total. The van der Waals surface area contributed by atoms with Gasteiger partial charge < -0.3 is 15.0 Å². The van der Waals surface area contributed by atoms with Gasteiger partial charge in [0.2, 0.25) is 11.8 Å². The fraction of sp³-hybridized carbons (Fsp3) is 0.394. The number of nitrogens with zero attached hydrogens (tertiary/aromatic N) is 2. The molecule has 0 heterocycles. The summed E-state index contributed by atoms with van der Waals surface area (Å²) in [5.41, 5.74) is 3.82. The van der Waals surface area contributed by atoms with Gasteiger partial charge in [0, 0.05) is 13.1 Å². The zero-order chi connectivity index (χ0) is 30.9. The lowest BCUT2D eigenvalue weighted by Crippen LogP contribution is -2.52. The highest BCUT2D eigenvalue weighted by molar-refractivity contribution is 7.92. The molecular weight excluding hydrogens is 550 g/mol. The molecule has 3 aromatic carbocycles. The maximum atomic E-state index is 14.2. The molecule has 1 atom stereocenters. The molecule has 0 aliphatic heterocycles. The number of anilines is 1. The van der Waals surface area contributed by atoms with Gasteiger partial charge in [-0.2, -0.15) is 0 Å². The third-order valence-corrected chi connectivity index (χ3v) is 8.87. The van der Waals surface area contributed by atoms with Crippen molar-refractivity contribution in [2.75, 3.05) is 24.5 Å². The first-order valence-electron chi connectivity index (χ1n) is 14.4. The predicted octanol–water partition coefficient (Wildman–Crippen LogP) is 5.54. The summed E-state index contributed by atoms with van der Waals surface area (Å²) in [5, 5.41) is 2.95. The average molecular weight is 594 g/mol. The number of benzene rings is 3. The predicted molar refractivity (Wildman–Crippen MR) is 167 cm³/mol. The van der Waals surface area contributed by atoms with Gasteiger partial charge in [0.1, 0.15) is 18.3 Å². The minimum atomic E-state index is -4.12. The van der Waals surface area contributed by atoms with Crippen molar-refractivity contribution in [3.05, 3.63) is 89.0 Å². The minimum Gasteiger partial charge on any atom is -0.497 e. The molecule has 0 saturated carbocycles. The van der Waals surface area contributed by atoms with E-state index in [2.05, 4.69) is 5.32 Å². The van der Waals surface area contributed by atoms with Crippen LogP contribution >= 0.6 is 0 Å². The van der Waals surface area contributed by atoms with Crippen molar-refractivity contribution in [1.82, 2.24) is 10.2 Å². The second-order valence-corrected chi connectivity index (χ2v) is 12.5. The fourth-order valence-corrected chi connectivity index (χ4v) is 6.25. The van der Waals surface area contributed by atoms with Crippen LogP contribution in [0.4, 0.5) is 5.69 Å². The van der Waals surface area contributed by atoms with E-state index in [0.717, 1.165) is 39.4 Å². The Morgan fingerprint density at radius 1 is 0.905 bits per heavy atom. The number of sulfonamides is 1. The SMILES string of the molecule is CCCCNC(=O)[C@@H](CC)N(Cc1cccc(OC)c1)C(=O)CN(c1cc(C)cc(C)c1)S(=O)(=O)c1ccc(C)cc1. The maximum Gasteiger partial charge on any atom is 0.264 e. The van der Waals surface area contributed by atoms with E-state index in [1.165, 1.54) is 4.90 Å². The normalized spacial score (nSPS) is 12.0. The largest absolute Gasteiger partial charge is 0.497 e. The van der Waals surface area contributed by atoms with Crippen molar-refractivity contribution < 1.29 is 22.7 Å². The van der Waals surface area contributed by atoms with Crippen LogP contribution in [0.1, 0.15) is 55.4 Å². The number of amides is 2.